The number of piperidine rings is 1. The third-order valence-electron chi connectivity index (χ3n) is 3.40. The van der Waals surface area contributed by atoms with Gasteiger partial charge in [0, 0.05) is 12.5 Å². The van der Waals surface area contributed by atoms with Crippen LogP contribution >= 0.6 is 0 Å². The Morgan fingerprint density at radius 1 is 1.41 bits per heavy atom. The number of imidazole rings is 1. The Morgan fingerprint density at radius 2 is 2.35 bits per heavy atom. The van der Waals surface area contributed by atoms with E-state index in [1.165, 1.54) is 12.8 Å². The molecule has 1 aromatic carbocycles. The molecule has 1 saturated heterocycles. The molecule has 1 unspecified atom stereocenters. The van der Waals surface area contributed by atoms with Crippen LogP contribution < -0.4 is 5.32 Å². The monoisotopic (exact) mass is 231 g/mol. The lowest BCUT2D eigenvalue weighted by Gasteiger charge is -2.21. The Hall–Kier alpha value is -1.55. The van der Waals surface area contributed by atoms with Crippen molar-refractivity contribution in [1.82, 2.24) is 15.3 Å². The average molecular weight is 231 g/mol. The van der Waals surface area contributed by atoms with E-state index >= 15 is 0 Å². The van der Waals surface area contributed by atoms with Gasteiger partial charge in [-0.05, 0) is 44.0 Å². The van der Waals surface area contributed by atoms with E-state index in [1.54, 1.807) is 12.1 Å². The van der Waals surface area contributed by atoms with Gasteiger partial charge in [-0.1, -0.05) is 0 Å². The number of aromatic hydroxyl groups is 1. The van der Waals surface area contributed by atoms with Crippen molar-refractivity contribution in [3.63, 3.8) is 0 Å². The van der Waals surface area contributed by atoms with Crippen molar-refractivity contribution < 1.29 is 5.11 Å². The summed E-state index contributed by atoms with van der Waals surface area (Å²) in [6.45, 7) is 2.23. The largest absolute Gasteiger partial charge is 0.508 e. The predicted octanol–water partition coefficient (Wildman–Crippen LogP) is 1.81. The van der Waals surface area contributed by atoms with E-state index in [-0.39, 0.29) is 5.75 Å². The molecular weight excluding hydrogens is 214 g/mol. The minimum atomic E-state index is 0.284. The summed E-state index contributed by atoms with van der Waals surface area (Å²) in [6, 6.07) is 5.25. The average Bonchev–Trinajstić information content (AvgIpc) is 2.71. The number of hydrogen-bond donors (Lipinski definition) is 3. The number of aromatic nitrogens is 2. The van der Waals surface area contributed by atoms with Crippen LogP contribution in [-0.2, 0) is 6.42 Å². The lowest BCUT2D eigenvalue weighted by Crippen LogP contribution is -2.31. The van der Waals surface area contributed by atoms with Gasteiger partial charge in [0.15, 0.2) is 0 Å². The topological polar surface area (TPSA) is 60.9 Å². The molecule has 1 fully saturated rings. The highest BCUT2D eigenvalue weighted by Gasteiger charge is 2.15. The molecule has 1 atom stereocenters. The molecule has 0 radical (unpaired) electrons. The highest BCUT2D eigenvalue weighted by atomic mass is 16.3. The minimum absolute atomic E-state index is 0.284. The molecular formula is C13H17N3O. The molecule has 1 aromatic heterocycles. The fourth-order valence-electron chi connectivity index (χ4n) is 2.52. The second kappa shape index (κ2) is 4.37. The van der Waals surface area contributed by atoms with Gasteiger partial charge in [-0.25, -0.2) is 4.98 Å². The highest BCUT2D eigenvalue weighted by molar-refractivity contribution is 5.76. The van der Waals surface area contributed by atoms with Crippen LogP contribution in [0.1, 0.15) is 18.7 Å². The maximum Gasteiger partial charge on any atom is 0.117 e. The van der Waals surface area contributed by atoms with Crippen LogP contribution in [0.2, 0.25) is 0 Å². The number of aromatic amines is 1. The second-order valence-corrected chi connectivity index (χ2v) is 4.80. The Kier molecular flexibility index (Phi) is 2.73. The third kappa shape index (κ3) is 2.26. The molecule has 0 amide bonds. The van der Waals surface area contributed by atoms with E-state index < -0.39 is 0 Å². The maximum atomic E-state index is 9.40. The minimum Gasteiger partial charge on any atom is -0.508 e. The predicted molar refractivity (Wildman–Crippen MR) is 67.1 cm³/mol. The SMILES string of the molecule is Oc1ccc2nc(CC3CCCNC3)[nH]c2c1. The Labute approximate surface area is 100 Å². The first-order valence-corrected chi connectivity index (χ1v) is 6.19. The van der Waals surface area contributed by atoms with Crippen molar-refractivity contribution in [2.24, 2.45) is 5.92 Å². The first-order valence-electron chi connectivity index (χ1n) is 6.19. The van der Waals surface area contributed by atoms with Crippen LogP contribution in [0.25, 0.3) is 11.0 Å². The Balaban J connectivity index is 1.80. The van der Waals surface area contributed by atoms with E-state index in [0.29, 0.717) is 5.92 Å². The van der Waals surface area contributed by atoms with Gasteiger partial charge in [-0.3, -0.25) is 0 Å². The molecule has 0 saturated carbocycles. The molecule has 1 aliphatic rings. The number of fused-ring (bicyclic) bond motifs is 1. The van der Waals surface area contributed by atoms with Gasteiger partial charge in [-0.15, -0.1) is 0 Å². The number of H-pyrrole nitrogens is 1. The van der Waals surface area contributed by atoms with Gasteiger partial charge in [0.05, 0.1) is 11.0 Å². The Morgan fingerprint density at radius 3 is 3.18 bits per heavy atom. The van der Waals surface area contributed by atoms with Crippen molar-refractivity contribution >= 4 is 11.0 Å². The fourth-order valence-corrected chi connectivity index (χ4v) is 2.52. The van der Waals surface area contributed by atoms with Crippen LogP contribution in [0.15, 0.2) is 18.2 Å². The summed E-state index contributed by atoms with van der Waals surface area (Å²) in [5.74, 6) is 1.99. The van der Waals surface area contributed by atoms with E-state index in [1.807, 2.05) is 6.07 Å². The van der Waals surface area contributed by atoms with E-state index in [9.17, 15) is 5.11 Å². The molecule has 4 nitrogen and oxygen atoms in total. The number of nitrogens with one attached hydrogen (secondary N) is 2. The smallest absolute Gasteiger partial charge is 0.117 e. The van der Waals surface area contributed by atoms with Gasteiger partial charge in [0.25, 0.3) is 0 Å². The van der Waals surface area contributed by atoms with Crippen LogP contribution in [-0.4, -0.2) is 28.2 Å². The lowest BCUT2D eigenvalue weighted by molar-refractivity contribution is 0.371. The zero-order valence-corrected chi connectivity index (χ0v) is 9.74. The molecule has 2 aromatic rings. The van der Waals surface area contributed by atoms with Crippen molar-refractivity contribution in [2.45, 2.75) is 19.3 Å². The zero-order valence-electron chi connectivity index (χ0n) is 9.74. The van der Waals surface area contributed by atoms with Crippen LogP contribution in [0.4, 0.5) is 0 Å². The van der Waals surface area contributed by atoms with E-state index in [0.717, 1.165) is 36.4 Å². The van der Waals surface area contributed by atoms with Crippen LogP contribution in [0, 0.1) is 5.92 Å². The Bertz CT molecular complexity index is 514. The van der Waals surface area contributed by atoms with Gasteiger partial charge in [-0.2, -0.15) is 0 Å². The van der Waals surface area contributed by atoms with Crippen molar-refractivity contribution in [1.29, 1.82) is 0 Å². The molecule has 0 bridgehead atoms. The van der Waals surface area contributed by atoms with Crippen molar-refractivity contribution in [2.75, 3.05) is 13.1 Å². The standard InChI is InChI=1S/C13H17N3O/c17-10-3-4-11-12(7-10)16-13(15-11)6-9-2-1-5-14-8-9/h3-4,7,9,14,17H,1-2,5-6,8H2,(H,15,16). The summed E-state index contributed by atoms with van der Waals surface area (Å²) >= 11 is 0. The summed E-state index contributed by atoms with van der Waals surface area (Å²) in [7, 11) is 0. The summed E-state index contributed by atoms with van der Waals surface area (Å²) in [5, 5.41) is 12.8. The van der Waals surface area contributed by atoms with Crippen LogP contribution in [0.5, 0.6) is 5.75 Å². The summed E-state index contributed by atoms with van der Waals surface area (Å²) in [4.78, 5) is 7.84. The first kappa shape index (κ1) is 10.6. The van der Waals surface area contributed by atoms with Crippen molar-refractivity contribution in [3.8, 4) is 5.75 Å². The quantitative estimate of drug-likeness (QED) is 0.738. The summed E-state index contributed by atoms with van der Waals surface area (Å²) in [5.41, 5.74) is 1.85. The number of hydrogen-bond acceptors (Lipinski definition) is 3. The number of rotatable bonds is 2. The fraction of sp³-hybridized carbons (Fsp3) is 0.462. The zero-order chi connectivity index (χ0) is 11.7. The molecule has 3 rings (SSSR count). The molecule has 3 N–H and O–H groups in total. The second-order valence-electron chi connectivity index (χ2n) is 4.80. The van der Waals surface area contributed by atoms with E-state index in [2.05, 4.69) is 15.3 Å². The molecule has 2 heterocycles. The van der Waals surface area contributed by atoms with Gasteiger partial charge in [0.2, 0.25) is 0 Å². The molecule has 0 aliphatic carbocycles. The normalized spacial score (nSPS) is 20.8. The third-order valence-corrected chi connectivity index (χ3v) is 3.40. The van der Waals surface area contributed by atoms with Gasteiger partial charge < -0.3 is 15.4 Å². The van der Waals surface area contributed by atoms with E-state index in [4.69, 9.17) is 0 Å². The molecule has 0 spiro atoms. The summed E-state index contributed by atoms with van der Waals surface area (Å²) < 4.78 is 0. The molecule has 90 valence electrons. The number of phenols is 1. The molecule has 4 heteroatoms. The number of benzene rings is 1. The van der Waals surface area contributed by atoms with Gasteiger partial charge in [0.1, 0.15) is 11.6 Å². The molecule has 1 aliphatic heterocycles. The van der Waals surface area contributed by atoms with Gasteiger partial charge >= 0.3 is 0 Å². The summed E-state index contributed by atoms with van der Waals surface area (Å²) in [6.07, 6.45) is 3.52. The molecule has 17 heavy (non-hydrogen) atoms. The lowest BCUT2D eigenvalue weighted by atomic mass is 9.96. The van der Waals surface area contributed by atoms with Crippen LogP contribution in [0.3, 0.4) is 0 Å². The van der Waals surface area contributed by atoms with Crippen molar-refractivity contribution in [3.05, 3.63) is 24.0 Å². The first-order chi connectivity index (χ1) is 8.31. The maximum absolute atomic E-state index is 9.40. The number of phenolic OH excluding ortho intramolecular Hbond substituents is 1. The highest BCUT2D eigenvalue weighted by Crippen LogP contribution is 2.20. The number of nitrogens with zero attached hydrogens (tertiary/aromatic N) is 1.